The highest BCUT2D eigenvalue weighted by Gasteiger charge is 2.76. The van der Waals surface area contributed by atoms with E-state index in [-0.39, 0.29) is 69.6 Å². The molecule has 0 spiro atoms. The Morgan fingerprint density at radius 1 is 0.947 bits per heavy atom. The maximum absolute atomic E-state index is 17.7. The summed E-state index contributed by atoms with van der Waals surface area (Å²) in [5.74, 6) is -7.30. The number of nitrogens with zero attached hydrogens (tertiary/aromatic N) is 2. The molecule has 4 saturated carbocycles. The van der Waals surface area contributed by atoms with Gasteiger partial charge in [0.15, 0.2) is 29.4 Å². The zero-order valence-electron chi connectivity index (χ0n) is 47.4. The summed E-state index contributed by atoms with van der Waals surface area (Å²) in [6, 6.07) is -1.03. The summed E-state index contributed by atoms with van der Waals surface area (Å²) in [4.78, 5) is 71.3. The SMILES string of the molecule is CC[C@H]1OC(=O)[C@H](C)[C@@H](OC(=O)CCCCOC(=O)[C@@]2(O)[C@H](C)CC3C4CCC5=CC(=O)C=C[C@]5(C)[C@@]4(F)[C@@H](O)C[C@@]32C)[C@H](C)[C@@H](O[C@@H]2O[C@H](C)C[C@@H](N(C)C)[C@H]2OC(C)=O)[C@]2(O)C[C@@]2(C)CN(C)[C@H](C)[C@@H](O)[C@]1(C)O. The van der Waals surface area contributed by atoms with E-state index < -0.39 is 141 Å². The number of cyclic esters (lactones) is 1. The van der Waals surface area contributed by atoms with Gasteiger partial charge in [0.2, 0.25) is 0 Å². The predicted octanol–water partition coefficient (Wildman–Crippen LogP) is 4.52. The number of carbonyl (C=O) groups is 5. The molecule has 2 unspecified atom stereocenters. The Labute approximate surface area is 448 Å². The van der Waals surface area contributed by atoms with Crippen LogP contribution in [0.25, 0.3) is 0 Å². The lowest BCUT2D eigenvalue weighted by molar-refractivity contribution is -0.296. The van der Waals surface area contributed by atoms with Crippen molar-refractivity contribution in [1.82, 2.24) is 9.80 Å². The molecular formula is C57H89FN2O16. The average Bonchev–Trinajstić information content (AvgIpc) is 3.86. The molecule has 2 aliphatic heterocycles. The van der Waals surface area contributed by atoms with Gasteiger partial charge in [0, 0.05) is 54.0 Å². The Balaban J connectivity index is 1.09. The van der Waals surface area contributed by atoms with Crippen LogP contribution in [0.4, 0.5) is 4.39 Å². The van der Waals surface area contributed by atoms with Crippen molar-refractivity contribution in [2.75, 3.05) is 34.3 Å². The van der Waals surface area contributed by atoms with E-state index in [0.29, 0.717) is 31.3 Å². The van der Waals surface area contributed by atoms with Crippen molar-refractivity contribution in [1.29, 1.82) is 0 Å². The topological polar surface area (TPSA) is 248 Å². The van der Waals surface area contributed by atoms with Gasteiger partial charge in [-0.15, -0.1) is 0 Å². The van der Waals surface area contributed by atoms with E-state index in [4.69, 9.17) is 28.4 Å². The van der Waals surface area contributed by atoms with E-state index in [2.05, 4.69) is 0 Å². The molecule has 19 heteroatoms. The molecule has 0 bridgehead atoms. The number of unbranched alkanes of at least 4 members (excludes halogenated alkanes) is 1. The van der Waals surface area contributed by atoms with Crippen LogP contribution >= 0.6 is 0 Å². The molecule has 430 valence electrons. The van der Waals surface area contributed by atoms with Crippen molar-refractivity contribution in [3.63, 3.8) is 0 Å². The molecule has 2 saturated heterocycles. The third-order valence-corrected chi connectivity index (χ3v) is 20.2. The van der Waals surface area contributed by atoms with Crippen LogP contribution in [0.3, 0.4) is 0 Å². The lowest BCUT2D eigenvalue weighted by Gasteiger charge is -2.62. The van der Waals surface area contributed by atoms with E-state index >= 15 is 4.39 Å². The van der Waals surface area contributed by atoms with Gasteiger partial charge in [-0.2, -0.15) is 0 Å². The monoisotopic (exact) mass is 1080 g/mol. The number of halogens is 1. The number of rotatable bonds is 12. The number of aliphatic hydroxyl groups excluding tert-OH is 2. The van der Waals surface area contributed by atoms with Crippen LogP contribution < -0.4 is 0 Å². The van der Waals surface area contributed by atoms with E-state index in [1.54, 1.807) is 54.7 Å². The number of hydrogen-bond acceptors (Lipinski definition) is 18. The number of carbonyl (C=O) groups excluding carboxylic acids is 5. The van der Waals surface area contributed by atoms with Crippen molar-refractivity contribution in [2.24, 2.45) is 45.8 Å². The van der Waals surface area contributed by atoms with Crippen molar-refractivity contribution < 1.29 is 82.3 Å². The van der Waals surface area contributed by atoms with Crippen LogP contribution in [-0.4, -0.2) is 183 Å². The summed E-state index contributed by atoms with van der Waals surface area (Å²) in [5.41, 5.74) is -10.5. The molecule has 5 N–H and O–H groups in total. The first-order valence-corrected chi connectivity index (χ1v) is 27.8. The van der Waals surface area contributed by atoms with Crippen molar-refractivity contribution in [3.05, 3.63) is 23.8 Å². The molecule has 2 heterocycles. The molecule has 7 rings (SSSR count). The van der Waals surface area contributed by atoms with Gasteiger partial charge in [0.25, 0.3) is 0 Å². The molecule has 0 radical (unpaired) electrons. The number of ether oxygens (including phenoxy) is 6. The molecule has 7 aliphatic rings. The minimum absolute atomic E-state index is 0.130. The van der Waals surface area contributed by atoms with Gasteiger partial charge < -0.3 is 63.8 Å². The number of esters is 4. The van der Waals surface area contributed by atoms with Crippen LogP contribution in [0, 0.1) is 45.8 Å². The Morgan fingerprint density at radius 2 is 1.62 bits per heavy atom. The molecule has 5 aliphatic carbocycles. The molecule has 6 fully saturated rings. The first kappa shape index (κ1) is 60.2. The van der Waals surface area contributed by atoms with E-state index in [1.807, 2.05) is 37.7 Å². The second-order valence-electron chi connectivity index (χ2n) is 25.4. The van der Waals surface area contributed by atoms with Crippen molar-refractivity contribution in [2.45, 2.75) is 224 Å². The lowest BCUT2D eigenvalue weighted by atomic mass is 9.45. The zero-order chi connectivity index (χ0) is 56.6. The van der Waals surface area contributed by atoms with E-state index in [9.17, 15) is 49.5 Å². The van der Waals surface area contributed by atoms with Crippen LogP contribution in [0.15, 0.2) is 23.8 Å². The molecule has 0 amide bonds. The highest BCUT2D eigenvalue weighted by molar-refractivity contribution is 6.01. The number of alkyl halides is 1. The number of ketones is 1. The van der Waals surface area contributed by atoms with Crippen LogP contribution in [0.2, 0.25) is 0 Å². The third kappa shape index (κ3) is 10.0. The van der Waals surface area contributed by atoms with Crippen LogP contribution in [-0.2, 0) is 52.4 Å². The molecule has 22 atom stereocenters. The molecule has 0 aromatic rings. The smallest absolute Gasteiger partial charge is 0.338 e. The highest BCUT2D eigenvalue weighted by Crippen LogP contribution is 2.71. The minimum Gasteiger partial charge on any atom is -0.464 e. The molecular weight excluding hydrogens is 988 g/mol. The maximum Gasteiger partial charge on any atom is 0.338 e. The van der Waals surface area contributed by atoms with Gasteiger partial charge in [-0.25, -0.2) is 9.18 Å². The largest absolute Gasteiger partial charge is 0.464 e. The van der Waals surface area contributed by atoms with Gasteiger partial charge in [-0.05, 0) is 138 Å². The number of aliphatic hydroxyl groups is 5. The van der Waals surface area contributed by atoms with E-state index in [0.717, 1.165) is 0 Å². The van der Waals surface area contributed by atoms with Crippen molar-refractivity contribution in [3.8, 4) is 0 Å². The van der Waals surface area contributed by atoms with Gasteiger partial charge in [-0.3, -0.25) is 19.2 Å². The number of fused-ring (bicyclic) bond motifs is 6. The van der Waals surface area contributed by atoms with Crippen LogP contribution in [0.1, 0.15) is 140 Å². The predicted molar refractivity (Wildman–Crippen MR) is 274 cm³/mol. The number of likely N-dealkylation sites (N-methyl/N-ethyl adjacent to an activating group) is 2. The summed E-state index contributed by atoms with van der Waals surface area (Å²) in [6.07, 6.45) is -3.07. The first-order valence-electron chi connectivity index (χ1n) is 27.8. The van der Waals surface area contributed by atoms with Gasteiger partial charge >= 0.3 is 23.9 Å². The fourth-order valence-electron chi connectivity index (χ4n) is 15.2. The second kappa shape index (κ2) is 21.6. The normalized spacial score (nSPS) is 47.8. The summed E-state index contributed by atoms with van der Waals surface area (Å²) in [5, 5.41) is 60.7. The van der Waals surface area contributed by atoms with Crippen molar-refractivity contribution >= 4 is 29.7 Å². The Morgan fingerprint density at radius 3 is 2.25 bits per heavy atom. The summed E-state index contributed by atoms with van der Waals surface area (Å²) >= 11 is 0. The maximum atomic E-state index is 17.7. The fraction of sp³-hybridized carbons (Fsp3) is 0.842. The second-order valence-corrected chi connectivity index (χ2v) is 25.4. The van der Waals surface area contributed by atoms with E-state index in [1.165, 1.54) is 32.9 Å². The van der Waals surface area contributed by atoms with Gasteiger partial charge in [0.05, 0.1) is 42.5 Å². The third-order valence-electron chi connectivity index (χ3n) is 20.2. The fourth-order valence-corrected chi connectivity index (χ4v) is 15.2. The Bertz CT molecular complexity index is 2280. The first-order chi connectivity index (χ1) is 35.2. The Kier molecular flexibility index (Phi) is 17.1. The average molecular weight is 1080 g/mol. The van der Waals surface area contributed by atoms with Gasteiger partial charge in [-0.1, -0.05) is 46.3 Å². The quantitative estimate of drug-likeness (QED) is 0.102. The number of allylic oxidation sites excluding steroid dienone is 4. The lowest BCUT2D eigenvalue weighted by Crippen LogP contribution is -2.69. The molecule has 0 aromatic carbocycles. The molecule has 76 heavy (non-hydrogen) atoms. The standard InChI is InChI=1S/C57H89FN2O16/c1-15-42-54(11,68)46(65)34(6)60(14)29-51(8)28-55(51,69)47(76-49-45(73-35(7)61)40(59(12)13)25-31(3)72-49)32(4)44(33(5)48(66)74-42)75-43(64)18-16-17-23-71-50(67)57(70)30(2)24-39-38-20-19-36-26-37(62)21-22-52(36,9)56(38,58)41(63)27-53(39,57)10/h21-22,26,30-34,38-42,44-47,49,63,65,68-70H,15-20,23-25,27-29H2,1-14H3/t30-,31-,32+,33-,34-,38?,39?,40-,41+,42-,44+,45-,46-,47-,49+,51+,52+,53+,54-,55-,56+,57+/m1/s1. The highest BCUT2D eigenvalue weighted by atomic mass is 19.1. The molecule has 18 nitrogen and oxygen atoms in total. The van der Waals surface area contributed by atoms with Gasteiger partial charge in [0.1, 0.15) is 23.9 Å². The number of hydrogen-bond donors (Lipinski definition) is 5. The Hall–Kier alpha value is -3.40. The summed E-state index contributed by atoms with van der Waals surface area (Å²) in [6.45, 7) is 18.3. The summed E-state index contributed by atoms with van der Waals surface area (Å²) in [7, 11) is 5.46. The summed E-state index contributed by atoms with van der Waals surface area (Å²) < 4.78 is 54.9. The minimum atomic E-state index is -2.14. The van der Waals surface area contributed by atoms with Crippen LogP contribution in [0.5, 0.6) is 0 Å². The zero-order valence-corrected chi connectivity index (χ0v) is 47.4. The molecule has 0 aromatic heterocycles.